The Morgan fingerprint density at radius 3 is 2.58 bits per heavy atom. The molecule has 0 bridgehead atoms. The number of carbonyl (C=O) groups is 1. The first-order valence-electron chi connectivity index (χ1n) is 11.5. The summed E-state index contributed by atoms with van der Waals surface area (Å²) in [6.45, 7) is 5.61. The van der Waals surface area contributed by atoms with Gasteiger partial charge >= 0.3 is 6.18 Å². The molecule has 0 radical (unpaired) electrons. The lowest BCUT2D eigenvalue weighted by Crippen LogP contribution is -2.54. The molecule has 2 aliphatic heterocycles. The molecular formula is C23H23F3N8O2. The zero-order valence-electron chi connectivity index (χ0n) is 19.6. The smallest absolute Gasteiger partial charge is 0.436 e. The molecule has 3 aromatic heterocycles. The normalized spacial score (nSPS) is 17.1. The van der Waals surface area contributed by atoms with E-state index in [1.54, 1.807) is 23.2 Å². The lowest BCUT2D eigenvalue weighted by Gasteiger charge is -2.42. The molecule has 2 aliphatic rings. The van der Waals surface area contributed by atoms with Crippen LogP contribution < -0.4 is 19.9 Å². The van der Waals surface area contributed by atoms with Crippen molar-refractivity contribution >= 4 is 23.4 Å². The molecule has 10 nitrogen and oxygen atoms in total. The third kappa shape index (κ3) is 4.48. The summed E-state index contributed by atoms with van der Waals surface area (Å²) in [5.41, 5.74) is 2.48. The van der Waals surface area contributed by atoms with Crippen molar-refractivity contribution in [3.05, 3.63) is 47.8 Å². The Balaban J connectivity index is 1.28. The first kappa shape index (κ1) is 23.7. The number of ether oxygens (including phenoxy) is 1. The number of alkyl halides is 3. The van der Waals surface area contributed by atoms with E-state index < -0.39 is 12.0 Å². The van der Waals surface area contributed by atoms with Gasteiger partial charge in [0.1, 0.15) is 11.7 Å². The zero-order chi connectivity index (χ0) is 25.4. The minimum absolute atomic E-state index is 0.0417. The number of aryl methyl sites for hydroxylation is 1. The van der Waals surface area contributed by atoms with Gasteiger partial charge in [0.15, 0.2) is 11.6 Å². The van der Waals surface area contributed by atoms with Crippen LogP contribution in [0.1, 0.15) is 37.4 Å². The average molecular weight is 500 g/mol. The number of carbonyl (C=O) groups excluding carboxylic acids is 1. The van der Waals surface area contributed by atoms with Crippen molar-refractivity contribution in [2.24, 2.45) is 0 Å². The number of hydrogen-bond donors (Lipinski definition) is 1. The second kappa shape index (κ2) is 9.21. The lowest BCUT2D eigenvalue weighted by atomic mass is 10.0. The van der Waals surface area contributed by atoms with E-state index in [1.165, 1.54) is 0 Å². The molecule has 1 unspecified atom stereocenters. The quantitative estimate of drug-likeness (QED) is 0.543. The van der Waals surface area contributed by atoms with Crippen molar-refractivity contribution < 1.29 is 22.7 Å². The van der Waals surface area contributed by atoms with Gasteiger partial charge in [-0.25, -0.2) is 19.9 Å². The van der Waals surface area contributed by atoms with Crippen LogP contribution in [0, 0.1) is 0 Å². The molecule has 13 heteroatoms. The van der Waals surface area contributed by atoms with E-state index in [0.29, 0.717) is 25.6 Å². The Labute approximate surface area is 204 Å². The first-order chi connectivity index (χ1) is 17.2. The molecule has 1 atom stereocenters. The Hall–Kier alpha value is -4.03. The minimum atomic E-state index is -4.62. The molecule has 1 amide bonds. The number of rotatable bonds is 6. The summed E-state index contributed by atoms with van der Waals surface area (Å²) >= 11 is 0. The number of likely N-dealkylation sites (N-methyl/N-ethyl adjacent to an activating group) is 1. The highest BCUT2D eigenvalue weighted by Crippen LogP contribution is 2.40. The number of anilines is 3. The fourth-order valence-corrected chi connectivity index (χ4v) is 4.31. The van der Waals surface area contributed by atoms with Crippen molar-refractivity contribution in [3.63, 3.8) is 0 Å². The van der Waals surface area contributed by atoms with Gasteiger partial charge in [-0.2, -0.15) is 18.2 Å². The van der Waals surface area contributed by atoms with Gasteiger partial charge in [-0.3, -0.25) is 4.79 Å². The van der Waals surface area contributed by atoms with Crippen LogP contribution in [-0.2, 0) is 23.9 Å². The van der Waals surface area contributed by atoms with Crippen molar-refractivity contribution in [2.45, 2.75) is 45.5 Å². The molecule has 0 spiro atoms. The summed E-state index contributed by atoms with van der Waals surface area (Å²) in [7, 11) is 0. The Bertz CT molecular complexity index is 1270. The molecule has 5 rings (SSSR count). The maximum Gasteiger partial charge on any atom is 0.451 e. The number of nitrogens with zero attached hydrogens (tertiary/aromatic N) is 7. The van der Waals surface area contributed by atoms with Gasteiger partial charge in [0.2, 0.25) is 23.6 Å². The van der Waals surface area contributed by atoms with Crippen LogP contribution in [0.4, 0.5) is 30.6 Å². The SMILES string of the molecule is CCN1c2nc(NCc3ccc(Oc4cnc(C(F)(F)F)nc4)nc3)nc3c2N(CCC3)C(=O)C1C. The van der Waals surface area contributed by atoms with Crippen LogP contribution in [0.25, 0.3) is 0 Å². The Kier molecular flexibility index (Phi) is 6.06. The van der Waals surface area contributed by atoms with Crippen molar-refractivity contribution in [2.75, 3.05) is 28.2 Å². The highest BCUT2D eigenvalue weighted by molar-refractivity contribution is 6.05. The van der Waals surface area contributed by atoms with Gasteiger partial charge in [0, 0.05) is 31.9 Å². The van der Waals surface area contributed by atoms with Crippen LogP contribution in [0.2, 0.25) is 0 Å². The predicted octanol–water partition coefficient (Wildman–Crippen LogP) is 3.59. The summed E-state index contributed by atoms with van der Waals surface area (Å²) in [5.74, 6) is 0.295. The van der Waals surface area contributed by atoms with Crippen molar-refractivity contribution in [1.82, 2.24) is 24.9 Å². The van der Waals surface area contributed by atoms with Gasteiger partial charge in [-0.05, 0) is 32.3 Å². The van der Waals surface area contributed by atoms with Crippen molar-refractivity contribution in [1.29, 1.82) is 0 Å². The molecule has 0 aliphatic carbocycles. The molecule has 3 aromatic rings. The van der Waals surface area contributed by atoms with Gasteiger partial charge in [-0.1, -0.05) is 6.07 Å². The van der Waals surface area contributed by atoms with E-state index in [9.17, 15) is 18.0 Å². The summed E-state index contributed by atoms with van der Waals surface area (Å²) < 4.78 is 43.2. The standard InChI is InChI=1S/C23H23F3N8O2/c1-3-33-13(2)20(35)34-8-4-5-16-18(34)19(33)32-22(31-16)30-10-14-6-7-17(27-9-14)36-15-11-28-21(29-12-15)23(24,25)26/h6-7,9,11-13H,3-5,8,10H2,1-2H3,(H,30,31,32). The zero-order valence-corrected chi connectivity index (χ0v) is 19.6. The first-order valence-corrected chi connectivity index (χ1v) is 11.5. The second-order valence-electron chi connectivity index (χ2n) is 8.42. The second-order valence-corrected chi connectivity index (χ2v) is 8.42. The maximum atomic E-state index is 12.8. The number of aromatic nitrogens is 5. The molecular weight excluding hydrogens is 477 g/mol. The topological polar surface area (TPSA) is 109 Å². The number of pyridine rings is 1. The Morgan fingerprint density at radius 2 is 1.92 bits per heavy atom. The fraction of sp³-hybridized carbons (Fsp3) is 0.391. The van der Waals surface area contributed by atoms with E-state index in [1.807, 2.05) is 18.7 Å². The van der Waals surface area contributed by atoms with E-state index in [2.05, 4.69) is 25.3 Å². The molecule has 5 heterocycles. The summed E-state index contributed by atoms with van der Waals surface area (Å²) in [6, 6.07) is 3.07. The van der Waals surface area contributed by atoms with Crippen molar-refractivity contribution in [3.8, 4) is 11.6 Å². The van der Waals surface area contributed by atoms with Crippen LogP contribution in [0.15, 0.2) is 30.7 Å². The Morgan fingerprint density at radius 1 is 1.14 bits per heavy atom. The van der Waals surface area contributed by atoms with Crippen LogP contribution in [-0.4, -0.2) is 50.0 Å². The summed E-state index contributed by atoms with van der Waals surface area (Å²) in [6.07, 6.45) is 0.481. The van der Waals surface area contributed by atoms with E-state index in [0.717, 1.165) is 48.0 Å². The van der Waals surface area contributed by atoms with Gasteiger partial charge in [-0.15, -0.1) is 0 Å². The number of amides is 1. The van der Waals surface area contributed by atoms with Crippen LogP contribution in [0.3, 0.4) is 0 Å². The maximum absolute atomic E-state index is 12.8. The van der Waals surface area contributed by atoms with E-state index in [-0.39, 0.29) is 23.6 Å². The highest BCUT2D eigenvalue weighted by Gasteiger charge is 2.39. The number of nitrogens with one attached hydrogen (secondary N) is 1. The van der Waals surface area contributed by atoms with E-state index >= 15 is 0 Å². The molecule has 188 valence electrons. The van der Waals surface area contributed by atoms with E-state index in [4.69, 9.17) is 9.72 Å². The highest BCUT2D eigenvalue weighted by atomic mass is 19.4. The summed E-state index contributed by atoms with van der Waals surface area (Å²) in [5, 5.41) is 3.23. The summed E-state index contributed by atoms with van der Waals surface area (Å²) in [4.78, 5) is 36.7. The van der Waals surface area contributed by atoms with Crippen LogP contribution in [0.5, 0.6) is 11.6 Å². The third-order valence-corrected chi connectivity index (χ3v) is 6.06. The third-order valence-electron chi connectivity index (χ3n) is 6.06. The fourth-order valence-electron chi connectivity index (χ4n) is 4.31. The monoisotopic (exact) mass is 500 g/mol. The molecule has 0 saturated heterocycles. The largest absolute Gasteiger partial charge is 0.451 e. The van der Waals surface area contributed by atoms with Gasteiger partial charge in [0.05, 0.1) is 18.1 Å². The number of halogens is 3. The molecule has 0 saturated carbocycles. The molecule has 0 aromatic carbocycles. The van der Waals surface area contributed by atoms with Gasteiger partial charge < -0.3 is 19.9 Å². The minimum Gasteiger partial charge on any atom is -0.436 e. The number of hydrogen-bond acceptors (Lipinski definition) is 9. The van der Waals surface area contributed by atoms with Crippen LogP contribution >= 0.6 is 0 Å². The molecule has 0 fully saturated rings. The predicted molar refractivity (Wildman–Crippen MR) is 124 cm³/mol. The molecule has 1 N–H and O–H groups in total. The lowest BCUT2D eigenvalue weighted by molar-refractivity contribution is -0.145. The molecule has 36 heavy (non-hydrogen) atoms. The van der Waals surface area contributed by atoms with Gasteiger partial charge in [0.25, 0.3) is 0 Å². The average Bonchev–Trinajstić information content (AvgIpc) is 2.87.